The van der Waals surface area contributed by atoms with Crippen LogP contribution in [0, 0.1) is 0 Å². The first-order chi connectivity index (χ1) is 11.2. The number of halogens is 4. The Balaban J connectivity index is 2.71. The van der Waals surface area contributed by atoms with Crippen LogP contribution in [0.4, 0.5) is 23.2 Å². The lowest BCUT2D eigenvalue weighted by Crippen LogP contribution is -2.39. The summed E-state index contributed by atoms with van der Waals surface area (Å²) in [5.41, 5.74) is -3.41. The van der Waals surface area contributed by atoms with Crippen LogP contribution in [0.3, 0.4) is 0 Å². The van der Waals surface area contributed by atoms with Crippen molar-refractivity contribution in [1.29, 1.82) is 0 Å². The molecule has 0 bridgehead atoms. The first-order valence-corrected chi connectivity index (χ1v) is 8.63. The Kier molecular flexibility index (Phi) is 6.22. The van der Waals surface area contributed by atoms with Gasteiger partial charge in [0.05, 0.1) is 5.75 Å². The molecule has 0 saturated carbocycles. The molecule has 0 fully saturated rings. The van der Waals surface area contributed by atoms with Gasteiger partial charge >= 0.3 is 12.1 Å². The van der Waals surface area contributed by atoms with Crippen LogP contribution in [-0.2, 0) is 14.8 Å². The van der Waals surface area contributed by atoms with Crippen molar-refractivity contribution in [2.45, 2.75) is 32.1 Å². The second kappa shape index (κ2) is 7.42. The number of rotatable bonds is 7. The van der Waals surface area contributed by atoms with Gasteiger partial charge in [-0.15, -0.1) is 0 Å². The van der Waals surface area contributed by atoms with Crippen LogP contribution in [0.1, 0.15) is 20.3 Å². The molecule has 0 heterocycles. The molecule has 0 spiro atoms. The van der Waals surface area contributed by atoms with E-state index in [0.717, 1.165) is 0 Å². The van der Waals surface area contributed by atoms with Crippen molar-refractivity contribution < 1.29 is 35.5 Å². The Morgan fingerprint density at radius 1 is 1.20 bits per heavy atom. The summed E-state index contributed by atoms with van der Waals surface area (Å²) in [4.78, 5) is 11.3. The van der Waals surface area contributed by atoms with E-state index in [1.54, 1.807) is 0 Å². The quantitative estimate of drug-likeness (QED) is 0.338. The lowest BCUT2D eigenvalue weighted by atomic mass is 10.1. The predicted octanol–water partition coefficient (Wildman–Crippen LogP) is 3.59. The van der Waals surface area contributed by atoms with Crippen LogP contribution < -0.4 is 9.46 Å². The van der Waals surface area contributed by atoms with Crippen LogP contribution in [0.25, 0.3) is 0 Å². The summed E-state index contributed by atoms with van der Waals surface area (Å²) in [6, 6.07) is 5.06. The van der Waals surface area contributed by atoms with Crippen LogP contribution in [0.15, 0.2) is 36.4 Å². The summed E-state index contributed by atoms with van der Waals surface area (Å²) >= 11 is 0. The van der Waals surface area contributed by atoms with Gasteiger partial charge in [-0.25, -0.2) is 17.6 Å². The molecule has 10 heteroatoms. The molecule has 0 saturated heterocycles. The van der Waals surface area contributed by atoms with Gasteiger partial charge < -0.3 is 4.74 Å². The monoisotopic (exact) mass is 383 g/mol. The molecule has 0 aliphatic heterocycles. The van der Waals surface area contributed by atoms with Crippen molar-refractivity contribution in [3.8, 4) is 5.75 Å². The van der Waals surface area contributed by atoms with E-state index >= 15 is 0 Å². The average molecular weight is 383 g/mol. The number of sulfonamides is 1. The third kappa shape index (κ3) is 6.37. The number of hydrogen-bond donors (Lipinski definition) is 1. The number of anilines is 1. The van der Waals surface area contributed by atoms with Gasteiger partial charge in [-0.2, -0.15) is 13.2 Å². The van der Waals surface area contributed by atoms with Gasteiger partial charge in [0.15, 0.2) is 0 Å². The lowest BCUT2D eigenvalue weighted by molar-refractivity contribution is -0.224. The van der Waals surface area contributed by atoms with E-state index < -0.39 is 40.0 Å². The lowest BCUT2D eigenvalue weighted by Gasteiger charge is -2.23. The third-order valence-corrected chi connectivity index (χ3v) is 4.41. The van der Waals surface area contributed by atoms with E-state index in [9.17, 15) is 30.8 Å². The Morgan fingerprint density at radius 3 is 2.16 bits per heavy atom. The van der Waals surface area contributed by atoms with Gasteiger partial charge in [-0.3, -0.25) is 4.72 Å². The highest BCUT2D eigenvalue weighted by atomic mass is 32.2. The average Bonchev–Trinajstić information content (AvgIpc) is 2.46. The highest BCUT2D eigenvalue weighted by Crippen LogP contribution is 2.36. The summed E-state index contributed by atoms with van der Waals surface area (Å²) < 4.78 is 81.1. The summed E-state index contributed by atoms with van der Waals surface area (Å²) in [6.45, 7) is 5.13. The highest BCUT2D eigenvalue weighted by molar-refractivity contribution is 7.92. The maximum atomic E-state index is 13.4. The van der Waals surface area contributed by atoms with Crippen molar-refractivity contribution in [2.24, 2.45) is 0 Å². The number of nitrogens with one attached hydrogen (secondary N) is 1. The van der Waals surface area contributed by atoms with Crippen molar-refractivity contribution in [2.75, 3.05) is 10.5 Å². The van der Waals surface area contributed by atoms with Gasteiger partial charge in [0.2, 0.25) is 15.7 Å². The smallest absolute Gasteiger partial charge is 0.422 e. The zero-order valence-electron chi connectivity index (χ0n) is 13.5. The molecule has 1 rings (SSSR count). The molecule has 0 aliphatic carbocycles. The van der Waals surface area contributed by atoms with Gasteiger partial charge in [0, 0.05) is 17.7 Å². The number of esters is 1. The molecule has 1 aromatic rings. The van der Waals surface area contributed by atoms with Gasteiger partial charge in [-0.05, 0) is 38.1 Å². The molecular weight excluding hydrogens is 366 g/mol. The molecule has 1 unspecified atom stereocenters. The zero-order chi connectivity index (χ0) is 19.5. The zero-order valence-corrected chi connectivity index (χ0v) is 14.3. The first kappa shape index (κ1) is 20.9. The van der Waals surface area contributed by atoms with Crippen LogP contribution in [0.5, 0.6) is 5.75 Å². The van der Waals surface area contributed by atoms with Crippen molar-refractivity contribution in [1.82, 2.24) is 0 Å². The predicted molar refractivity (Wildman–Crippen MR) is 84.5 cm³/mol. The molecule has 140 valence electrons. The summed E-state index contributed by atoms with van der Waals surface area (Å²) in [7, 11) is -4.19. The fourth-order valence-corrected chi connectivity index (χ4v) is 2.73. The molecular formula is C15H17F4NO4S. The maximum Gasteiger partial charge on any atom is 0.422 e. The molecule has 0 aliphatic rings. The number of alkyl halides is 4. The molecule has 1 aromatic carbocycles. The highest BCUT2D eigenvalue weighted by Gasteiger charge is 2.52. The minimum Gasteiger partial charge on any atom is -0.423 e. The fraction of sp³-hybridized carbons (Fsp3) is 0.400. The minimum absolute atomic E-state index is 0.0303. The van der Waals surface area contributed by atoms with E-state index in [-0.39, 0.29) is 23.9 Å². The van der Waals surface area contributed by atoms with E-state index in [1.165, 1.54) is 31.2 Å². The normalized spacial score (nSPS) is 14.5. The van der Waals surface area contributed by atoms with Gasteiger partial charge in [0.1, 0.15) is 5.75 Å². The number of ether oxygens (including phenoxy) is 1. The third-order valence-electron chi connectivity index (χ3n) is 3.12. The summed E-state index contributed by atoms with van der Waals surface area (Å²) in [5, 5.41) is 0. The summed E-state index contributed by atoms with van der Waals surface area (Å²) in [6.07, 6.45) is -6.39. The molecule has 1 atom stereocenters. The molecule has 5 nitrogen and oxygen atoms in total. The second-order valence-corrected chi connectivity index (χ2v) is 7.40. The van der Waals surface area contributed by atoms with Crippen LogP contribution >= 0.6 is 0 Å². The topological polar surface area (TPSA) is 72.5 Å². The first-order valence-electron chi connectivity index (χ1n) is 6.97. The fourth-order valence-electron chi connectivity index (χ4n) is 1.48. The molecule has 0 amide bonds. The van der Waals surface area contributed by atoms with Crippen LogP contribution in [-0.4, -0.2) is 32.0 Å². The standard InChI is InChI=1S/C15H17F4NO4S/c1-10(2)13(21)24-12-6-4-11(5-7-12)20-25(22,23)9-8-14(3,16)15(17,18)19/h4-7,20H,1,8-9H2,2-3H3. The van der Waals surface area contributed by atoms with Gasteiger partial charge in [-0.1, -0.05) is 6.58 Å². The van der Waals surface area contributed by atoms with E-state index in [0.29, 0.717) is 0 Å². The number of benzene rings is 1. The molecule has 1 N–H and O–H groups in total. The van der Waals surface area contributed by atoms with E-state index in [2.05, 4.69) is 6.58 Å². The second-order valence-electron chi connectivity index (χ2n) is 5.56. The molecule has 25 heavy (non-hydrogen) atoms. The SMILES string of the molecule is C=C(C)C(=O)Oc1ccc(NS(=O)(=O)CCC(C)(F)C(F)(F)F)cc1. The summed E-state index contributed by atoms with van der Waals surface area (Å²) in [5.74, 6) is -1.58. The van der Waals surface area contributed by atoms with E-state index in [4.69, 9.17) is 4.74 Å². The Morgan fingerprint density at radius 2 is 1.72 bits per heavy atom. The minimum atomic E-state index is -5.16. The molecule has 0 radical (unpaired) electrons. The Bertz CT molecular complexity index is 740. The van der Waals surface area contributed by atoms with E-state index in [1.807, 2.05) is 4.72 Å². The van der Waals surface area contributed by atoms with Crippen LogP contribution in [0.2, 0.25) is 0 Å². The van der Waals surface area contributed by atoms with Crippen molar-refractivity contribution in [3.05, 3.63) is 36.4 Å². The van der Waals surface area contributed by atoms with Gasteiger partial charge in [0.25, 0.3) is 0 Å². The number of carbonyl (C=O) groups excluding carboxylic acids is 1. The number of carbonyl (C=O) groups is 1. The van der Waals surface area contributed by atoms with Crippen molar-refractivity contribution >= 4 is 21.7 Å². The van der Waals surface area contributed by atoms with Crippen molar-refractivity contribution in [3.63, 3.8) is 0 Å². The molecule has 0 aromatic heterocycles. The largest absolute Gasteiger partial charge is 0.423 e. The number of hydrogen-bond acceptors (Lipinski definition) is 4. The Hall–Kier alpha value is -2.10. The Labute approximate surface area is 142 Å². The maximum absolute atomic E-state index is 13.4.